The summed E-state index contributed by atoms with van der Waals surface area (Å²) >= 11 is 0. The molecule has 0 bridgehead atoms. The molecule has 0 spiro atoms. The molecule has 2 aliphatic rings. The first kappa shape index (κ1) is 35.9. The number of benzene rings is 4. The van der Waals surface area contributed by atoms with Crippen molar-refractivity contribution in [1.29, 1.82) is 0 Å². The molecule has 4 atom stereocenters. The summed E-state index contributed by atoms with van der Waals surface area (Å²) in [6.07, 6.45) is 3.35. The molecule has 268 valence electrons. The van der Waals surface area contributed by atoms with Crippen LogP contribution in [0.25, 0.3) is 0 Å². The molecule has 0 N–H and O–H groups in total. The molecule has 2 saturated heterocycles. The highest BCUT2D eigenvalue weighted by molar-refractivity contribution is 5.97. The van der Waals surface area contributed by atoms with Gasteiger partial charge in [0.1, 0.15) is 24.7 Å². The minimum atomic E-state index is -0.839. The van der Waals surface area contributed by atoms with Crippen LogP contribution in [0.15, 0.2) is 121 Å². The first-order valence-corrected chi connectivity index (χ1v) is 17.3. The normalized spacial score (nSPS) is 18.2. The monoisotopic (exact) mass is 702 g/mol. The lowest BCUT2D eigenvalue weighted by atomic mass is 9.91. The second-order valence-electron chi connectivity index (χ2n) is 13.0. The van der Waals surface area contributed by atoms with Crippen molar-refractivity contribution in [2.45, 2.75) is 37.8 Å². The second kappa shape index (κ2) is 16.9. The molecule has 2 aliphatic heterocycles. The lowest BCUT2D eigenvalue weighted by Crippen LogP contribution is -2.44. The Morgan fingerprint density at radius 1 is 0.596 bits per heavy atom. The summed E-state index contributed by atoms with van der Waals surface area (Å²) in [4.78, 5) is 57.5. The number of methoxy groups -OCH3 is 2. The lowest BCUT2D eigenvalue weighted by molar-refractivity contribution is -0.133. The molecule has 0 aromatic heterocycles. The van der Waals surface area contributed by atoms with Gasteiger partial charge in [-0.05, 0) is 72.2 Å². The van der Waals surface area contributed by atoms with Gasteiger partial charge in [-0.2, -0.15) is 0 Å². The molecule has 2 unspecified atom stereocenters. The largest absolute Gasteiger partial charge is 0.497 e. The molecular formula is C42H42N2O8. The third-order valence-electron chi connectivity index (χ3n) is 9.46. The summed E-state index contributed by atoms with van der Waals surface area (Å²) < 4.78 is 21.5. The maximum absolute atomic E-state index is 14.4. The Morgan fingerprint density at radius 3 is 1.31 bits per heavy atom. The van der Waals surface area contributed by atoms with E-state index in [-0.39, 0.29) is 26.1 Å². The first-order valence-electron chi connectivity index (χ1n) is 17.3. The minimum absolute atomic E-state index is 0.0803. The van der Waals surface area contributed by atoms with E-state index in [1.54, 1.807) is 26.4 Å². The molecule has 10 heteroatoms. The summed E-state index contributed by atoms with van der Waals surface area (Å²) in [7, 11) is 3.16. The predicted molar refractivity (Wildman–Crippen MR) is 194 cm³/mol. The molecule has 2 fully saturated rings. The van der Waals surface area contributed by atoms with Gasteiger partial charge in [0.15, 0.2) is 0 Å². The van der Waals surface area contributed by atoms with Gasteiger partial charge < -0.3 is 18.9 Å². The van der Waals surface area contributed by atoms with Crippen LogP contribution >= 0.6 is 0 Å². The molecule has 4 aromatic carbocycles. The number of amides is 4. The van der Waals surface area contributed by atoms with Gasteiger partial charge in [0.05, 0.1) is 38.1 Å². The van der Waals surface area contributed by atoms with E-state index in [0.29, 0.717) is 24.3 Å². The van der Waals surface area contributed by atoms with E-state index < -0.39 is 47.9 Å². The van der Waals surface area contributed by atoms with Gasteiger partial charge >= 0.3 is 12.2 Å². The average Bonchev–Trinajstić information content (AvgIpc) is 3.73. The van der Waals surface area contributed by atoms with Gasteiger partial charge in [0.25, 0.3) is 0 Å². The van der Waals surface area contributed by atoms with Gasteiger partial charge in [0.2, 0.25) is 11.8 Å². The van der Waals surface area contributed by atoms with Crippen LogP contribution in [0.1, 0.15) is 22.3 Å². The Kier molecular flexibility index (Phi) is 11.7. The zero-order chi connectivity index (χ0) is 36.5. The molecule has 6 rings (SSSR count). The number of hydrogen-bond acceptors (Lipinski definition) is 8. The fourth-order valence-electron chi connectivity index (χ4n) is 6.67. The van der Waals surface area contributed by atoms with E-state index in [9.17, 15) is 19.2 Å². The van der Waals surface area contributed by atoms with Crippen LogP contribution in [0, 0.1) is 11.8 Å². The maximum Gasteiger partial charge on any atom is 0.417 e. The molecule has 2 heterocycles. The smallest absolute Gasteiger partial charge is 0.417 e. The molecule has 4 aromatic rings. The van der Waals surface area contributed by atoms with Crippen molar-refractivity contribution in [2.24, 2.45) is 11.8 Å². The zero-order valence-corrected chi connectivity index (χ0v) is 29.3. The number of carbonyl (C=O) groups excluding carboxylic acids is 4. The highest BCUT2D eigenvalue weighted by Crippen LogP contribution is 2.27. The molecule has 0 radical (unpaired) electrons. The number of nitrogens with zero attached hydrogens (tertiary/aromatic N) is 2. The third-order valence-corrected chi connectivity index (χ3v) is 9.46. The van der Waals surface area contributed by atoms with E-state index in [0.717, 1.165) is 22.3 Å². The van der Waals surface area contributed by atoms with Crippen LogP contribution in [-0.4, -0.2) is 73.3 Å². The summed E-state index contributed by atoms with van der Waals surface area (Å²) in [5, 5.41) is 0. The average molecular weight is 703 g/mol. The van der Waals surface area contributed by atoms with E-state index in [1.807, 2.05) is 109 Å². The number of carbonyl (C=O) groups is 4. The number of imide groups is 2. The summed E-state index contributed by atoms with van der Waals surface area (Å²) in [5.41, 5.74) is 3.61. The molecule has 0 saturated carbocycles. The van der Waals surface area contributed by atoms with E-state index >= 15 is 0 Å². The summed E-state index contributed by atoms with van der Waals surface area (Å²) in [6, 6.07) is 33.0. The first-order chi connectivity index (χ1) is 25.3. The van der Waals surface area contributed by atoms with Gasteiger partial charge in [0, 0.05) is 0 Å². The van der Waals surface area contributed by atoms with Crippen molar-refractivity contribution >= 4 is 24.0 Å². The Bertz CT molecular complexity index is 1720. The fourth-order valence-corrected chi connectivity index (χ4v) is 6.67. The lowest BCUT2D eigenvalue weighted by Gasteiger charge is -2.25. The Morgan fingerprint density at radius 2 is 0.962 bits per heavy atom. The Hall–Kier alpha value is -5.90. The highest BCUT2D eigenvalue weighted by Gasteiger charge is 2.42. The Balaban J connectivity index is 1.32. The quantitative estimate of drug-likeness (QED) is 0.138. The van der Waals surface area contributed by atoms with Crippen molar-refractivity contribution in [3.05, 3.63) is 144 Å². The number of rotatable bonds is 14. The van der Waals surface area contributed by atoms with E-state index in [2.05, 4.69) is 0 Å². The predicted octanol–water partition coefficient (Wildman–Crippen LogP) is 6.46. The van der Waals surface area contributed by atoms with Crippen molar-refractivity contribution in [2.75, 3.05) is 27.4 Å². The third kappa shape index (κ3) is 8.69. The summed E-state index contributed by atoms with van der Waals surface area (Å²) in [5.74, 6) is -1.22. The number of ether oxygens (including phenoxy) is 4. The zero-order valence-electron chi connectivity index (χ0n) is 29.3. The van der Waals surface area contributed by atoms with E-state index in [4.69, 9.17) is 18.9 Å². The molecule has 4 amide bonds. The molecule has 10 nitrogen and oxygen atoms in total. The van der Waals surface area contributed by atoms with Crippen LogP contribution in [0.2, 0.25) is 0 Å². The van der Waals surface area contributed by atoms with E-state index in [1.165, 1.54) is 9.80 Å². The van der Waals surface area contributed by atoms with Crippen LogP contribution in [0.4, 0.5) is 9.59 Å². The standard InChI is InChI=1S/C42H42N2O8/c1-49-37-19-13-31(14-20-37)23-33(39(45)43-35(27-51-41(43)47)25-29-9-5-3-6-10-29)17-18-34(24-32-15-21-38(50-2)22-16-32)40(46)44-36(28-52-42(44)48)26-30-11-7-4-8-12-30/h3-22,33-36H,23-28H2,1-2H3/t33-,34-,35?,36?/m0/s1. The molecule has 52 heavy (non-hydrogen) atoms. The van der Waals surface area contributed by atoms with Gasteiger partial charge in [-0.15, -0.1) is 0 Å². The maximum atomic E-state index is 14.4. The number of hydrogen-bond donors (Lipinski definition) is 0. The van der Waals surface area contributed by atoms with Gasteiger partial charge in [-0.1, -0.05) is 97.1 Å². The highest BCUT2D eigenvalue weighted by atomic mass is 16.6. The van der Waals surface area contributed by atoms with Crippen molar-refractivity contribution < 1.29 is 38.1 Å². The van der Waals surface area contributed by atoms with Crippen molar-refractivity contribution in [3.63, 3.8) is 0 Å². The summed E-state index contributed by atoms with van der Waals surface area (Å²) in [6.45, 7) is 0.161. The van der Waals surface area contributed by atoms with Crippen molar-refractivity contribution in [1.82, 2.24) is 9.80 Å². The topological polar surface area (TPSA) is 112 Å². The SMILES string of the molecule is COc1ccc(C[C@H](C=C[C@@H](Cc2ccc(OC)cc2)C(=O)N2C(=O)OCC2Cc2ccccc2)C(=O)N2C(=O)OCC2Cc2ccccc2)cc1. The second-order valence-corrected chi connectivity index (χ2v) is 13.0. The minimum Gasteiger partial charge on any atom is -0.497 e. The number of cyclic esters (lactones) is 2. The molecular weight excluding hydrogens is 660 g/mol. The van der Waals surface area contributed by atoms with Crippen molar-refractivity contribution in [3.8, 4) is 11.5 Å². The van der Waals surface area contributed by atoms with Gasteiger partial charge in [-0.25, -0.2) is 19.4 Å². The molecule has 0 aliphatic carbocycles. The van der Waals surface area contributed by atoms with Crippen LogP contribution in [0.5, 0.6) is 11.5 Å². The Labute approximate surface area is 303 Å². The van der Waals surface area contributed by atoms with Gasteiger partial charge in [-0.3, -0.25) is 9.59 Å². The fraction of sp³-hybridized carbons (Fsp3) is 0.286. The van der Waals surface area contributed by atoms with Crippen LogP contribution in [-0.2, 0) is 44.7 Å². The van der Waals surface area contributed by atoms with Crippen LogP contribution in [0.3, 0.4) is 0 Å². The van der Waals surface area contributed by atoms with Crippen LogP contribution < -0.4 is 9.47 Å².